The van der Waals surface area contributed by atoms with Crippen LogP contribution >= 0.6 is 12.2 Å². The highest BCUT2D eigenvalue weighted by atomic mass is 32.1. The lowest BCUT2D eigenvalue weighted by Crippen LogP contribution is -2.44. The van der Waals surface area contributed by atoms with E-state index in [-0.39, 0.29) is 24.5 Å². The first kappa shape index (κ1) is 21.7. The molecular weight excluding hydrogens is 438 g/mol. The van der Waals surface area contributed by atoms with Crippen LogP contribution in [0.5, 0.6) is 11.5 Å². The van der Waals surface area contributed by atoms with Gasteiger partial charge in [-0.2, -0.15) is 0 Å². The Kier molecular flexibility index (Phi) is 6.20. The first-order valence-electron chi connectivity index (χ1n) is 11.2. The standard InChI is InChI=1S/C25H27N3O4S/c1-16(17-6-3-2-4-7-17)26-25(33)28(14-20-8-5-9-30-20)13-19-10-18-11-22-23(32-15-31-22)12-21(18)27-24(19)29/h2-4,6-7,10-12,16,20H,5,8-9,13-15H2,1H3,(H,26,33)(H,27,29)/t16-,20+/m0/s1. The molecule has 2 N–H and O–H groups in total. The largest absolute Gasteiger partial charge is 0.454 e. The average molecular weight is 466 g/mol. The van der Waals surface area contributed by atoms with Gasteiger partial charge in [-0.05, 0) is 49.7 Å². The van der Waals surface area contributed by atoms with Crippen LogP contribution in [-0.2, 0) is 11.3 Å². The minimum absolute atomic E-state index is 0.0420. The molecule has 0 amide bonds. The molecular formula is C25H27N3O4S. The Hall–Kier alpha value is -3.10. The second kappa shape index (κ2) is 9.41. The number of thiocarbonyl (C=S) groups is 1. The fraction of sp³-hybridized carbons (Fsp3) is 0.360. The third-order valence-corrected chi connectivity index (χ3v) is 6.53. The summed E-state index contributed by atoms with van der Waals surface area (Å²) in [6, 6.07) is 15.8. The molecule has 33 heavy (non-hydrogen) atoms. The summed E-state index contributed by atoms with van der Waals surface area (Å²) in [6.45, 7) is 4.05. The first-order valence-corrected chi connectivity index (χ1v) is 11.7. The zero-order chi connectivity index (χ0) is 22.8. The Labute approximate surface area is 197 Å². The lowest BCUT2D eigenvalue weighted by atomic mass is 10.1. The number of nitrogens with one attached hydrogen (secondary N) is 2. The number of nitrogens with zero attached hydrogens (tertiary/aromatic N) is 1. The summed E-state index contributed by atoms with van der Waals surface area (Å²) in [7, 11) is 0. The third-order valence-electron chi connectivity index (χ3n) is 6.15. The van der Waals surface area contributed by atoms with Crippen molar-refractivity contribution in [2.24, 2.45) is 0 Å². The van der Waals surface area contributed by atoms with Gasteiger partial charge in [-0.25, -0.2) is 0 Å². The van der Waals surface area contributed by atoms with Crippen LogP contribution in [0.25, 0.3) is 10.9 Å². The highest BCUT2D eigenvalue weighted by Crippen LogP contribution is 2.35. The number of rotatable bonds is 6. The molecule has 3 heterocycles. The van der Waals surface area contributed by atoms with Crippen LogP contribution in [0.4, 0.5) is 0 Å². The Balaban J connectivity index is 1.39. The number of fused-ring (bicyclic) bond motifs is 2. The molecule has 0 bridgehead atoms. The van der Waals surface area contributed by atoms with Gasteiger partial charge in [-0.15, -0.1) is 0 Å². The number of hydrogen-bond acceptors (Lipinski definition) is 5. The van der Waals surface area contributed by atoms with Crippen molar-refractivity contribution in [2.45, 2.75) is 38.5 Å². The van der Waals surface area contributed by atoms with E-state index in [1.54, 1.807) is 6.07 Å². The SMILES string of the molecule is C[C@H](NC(=S)N(Cc1cc2cc3c(cc2[nH]c1=O)OCO3)C[C@H]1CCCO1)c1ccccc1. The maximum atomic E-state index is 12.9. The quantitative estimate of drug-likeness (QED) is 0.535. The smallest absolute Gasteiger partial charge is 0.253 e. The number of ether oxygens (including phenoxy) is 3. The predicted molar refractivity (Wildman–Crippen MR) is 131 cm³/mol. The van der Waals surface area contributed by atoms with Crippen LogP contribution in [0.1, 0.15) is 36.9 Å². The van der Waals surface area contributed by atoms with Crippen molar-refractivity contribution >= 4 is 28.2 Å². The molecule has 1 saturated heterocycles. The molecule has 1 fully saturated rings. The normalized spacial score (nSPS) is 17.8. The molecule has 2 aromatic carbocycles. The number of hydrogen-bond donors (Lipinski definition) is 2. The summed E-state index contributed by atoms with van der Waals surface area (Å²) in [5.74, 6) is 1.33. The molecule has 172 valence electrons. The van der Waals surface area contributed by atoms with Crippen molar-refractivity contribution in [3.8, 4) is 11.5 Å². The van der Waals surface area contributed by atoms with Gasteiger partial charge in [0.2, 0.25) is 6.79 Å². The maximum Gasteiger partial charge on any atom is 0.253 e. The van der Waals surface area contributed by atoms with Gasteiger partial charge < -0.3 is 29.4 Å². The summed E-state index contributed by atoms with van der Waals surface area (Å²) in [6.07, 6.45) is 2.14. The fourth-order valence-corrected chi connectivity index (χ4v) is 4.64. The molecule has 5 rings (SSSR count). The van der Waals surface area contributed by atoms with E-state index in [1.807, 2.05) is 35.2 Å². The molecule has 0 aliphatic carbocycles. The van der Waals surface area contributed by atoms with E-state index in [0.717, 1.165) is 35.9 Å². The van der Waals surface area contributed by atoms with Crippen LogP contribution in [0.2, 0.25) is 0 Å². The van der Waals surface area contributed by atoms with E-state index in [1.165, 1.54) is 0 Å². The zero-order valence-electron chi connectivity index (χ0n) is 18.5. The van der Waals surface area contributed by atoms with Gasteiger partial charge in [-0.1, -0.05) is 30.3 Å². The highest BCUT2D eigenvalue weighted by molar-refractivity contribution is 7.80. The molecule has 2 aliphatic rings. The number of aromatic nitrogens is 1. The van der Waals surface area contributed by atoms with Crippen LogP contribution in [0.15, 0.2) is 53.3 Å². The van der Waals surface area contributed by atoms with Crippen molar-refractivity contribution in [2.75, 3.05) is 19.9 Å². The molecule has 3 aromatic rings. The second-order valence-electron chi connectivity index (χ2n) is 8.51. The molecule has 7 nitrogen and oxygen atoms in total. The number of pyridine rings is 1. The molecule has 1 aromatic heterocycles. The Bertz CT molecular complexity index is 1210. The van der Waals surface area contributed by atoms with E-state index in [4.69, 9.17) is 26.4 Å². The van der Waals surface area contributed by atoms with Crippen LogP contribution < -0.4 is 20.3 Å². The van der Waals surface area contributed by atoms with Gasteiger partial charge >= 0.3 is 0 Å². The molecule has 0 spiro atoms. The van der Waals surface area contributed by atoms with Gasteiger partial charge in [0.15, 0.2) is 16.6 Å². The second-order valence-corrected chi connectivity index (χ2v) is 8.90. The molecule has 0 saturated carbocycles. The Morgan fingerprint density at radius 1 is 1.21 bits per heavy atom. The van der Waals surface area contributed by atoms with Crippen molar-refractivity contribution in [1.29, 1.82) is 0 Å². The third kappa shape index (κ3) is 4.82. The minimum atomic E-state index is -0.141. The predicted octanol–water partition coefficient (Wildman–Crippen LogP) is 3.87. The van der Waals surface area contributed by atoms with Crippen LogP contribution in [0, 0.1) is 0 Å². The van der Waals surface area contributed by atoms with Gasteiger partial charge in [0, 0.05) is 30.2 Å². The molecule has 0 radical (unpaired) electrons. The van der Waals surface area contributed by atoms with Gasteiger partial charge in [0.25, 0.3) is 5.56 Å². The van der Waals surface area contributed by atoms with E-state index in [9.17, 15) is 4.79 Å². The summed E-state index contributed by atoms with van der Waals surface area (Å²) < 4.78 is 16.8. The summed E-state index contributed by atoms with van der Waals surface area (Å²) in [5.41, 5.74) is 2.36. The van der Waals surface area contributed by atoms with Crippen molar-refractivity contribution in [3.05, 3.63) is 70.0 Å². The summed E-state index contributed by atoms with van der Waals surface area (Å²) in [5, 5.41) is 4.93. The molecule has 8 heteroatoms. The van der Waals surface area contributed by atoms with Gasteiger partial charge in [-0.3, -0.25) is 4.79 Å². The number of H-pyrrole nitrogens is 1. The zero-order valence-corrected chi connectivity index (χ0v) is 19.3. The highest BCUT2D eigenvalue weighted by Gasteiger charge is 2.23. The van der Waals surface area contributed by atoms with Crippen LogP contribution in [-0.4, -0.2) is 41.0 Å². The topological polar surface area (TPSA) is 75.8 Å². The lowest BCUT2D eigenvalue weighted by Gasteiger charge is -2.30. The van der Waals surface area contributed by atoms with Crippen LogP contribution in [0.3, 0.4) is 0 Å². The molecule has 2 aliphatic heterocycles. The first-order chi connectivity index (χ1) is 16.1. The average Bonchev–Trinajstić information content (AvgIpc) is 3.50. The number of benzene rings is 2. The maximum absolute atomic E-state index is 12.9. The molecule has 2 atom stereocenters. The van der Waals surface area contributed by atoms with Crippen molar-refractivity contribution in [1.82, 2.24) is 15.2 Å². The van der Waals surface area contributed by atoms with Gasteiger partial charge in [0.1, 0.15) is 0 Å². The Morgan fingerprint density at radius 3 is 2.76 bits per heavy atom. The van der Waals surface area contributed by atoms with E-state index < -0.39 is 0 Å². The summed E-state index contributed by atoms with van der Waals surface area (Å²) >= 11 is 5.80. The number of aromatic amines is 1. The lowest BCUT2D eigenvalue weighted by molar-refractivity contribution is 0.0895. The van der Waals surface area contributed by atoms with E-state index >= 15 is 0 Å². The minimum Gasteiger partial charge on any atom is -0.454 e. The van der Waals surface area contributed by atoms with Gasteiger partial charge in [0.05, 0.1) is 24.2 Å². The summed E-state index contributed by atoms with van der Waals surface area (Å²) in [4.78, 5) is 17.9. The monoisotopic (exact) mass is 465 g/mol. The Morgan fingerprint density at radius 2 is 2.00 bits per heavy atom. The van der Waals surface area contributed by atoms with E-state index in [0.29, 0.717) is 35.3 Å². The molecule has 0 unspecified atom stereocenters. The van der Waals surface area contributed by atoms with Crippen molar-refractivity contribution in [3.63, 3.8) is 0 Å². The van der Waals surface area contributed by atoms with E-state index in [2.05, 4.69) is 29.4 Å². The fourth-order valence-electron chi connectivity index (χ4n) is 4.32. The van der Waals surface area contributed by atoms with Crippen molar-refractivity contribution < 1.29 is 14.2 Å².